The van der Waals surface area contributed by atoms with Crippen LogP contribution in [0.2, 0.25) is 0 Å². The first kappa shape index (κ1) is 13.2. The molecule has 1 unspecified atom stereocenters. The van der Waals surface area contributed by atoms with Gasteiger partial charge in [-0.1, -0.05) is 19.9 Å². The van der Waals surface area contributed by atoms with E-state index in [0.29, 0.717) is 5.82 Å². The smallest absolute Gasteiger partial charge is 0.178 e. The van der Waals surface area contributed by atoms with Crippen molar-refractivity contribution in [2.24, 2.45) is 11.1 Å². The van der Waals surface area contributed by atoms with Gasteiger partial charge in [-0.15, -0.1) is 0 Å². The van der Waals surface area contributed by atoms with Gasteiger partial charge in [0.25, 0.3) is 0 Å². The largest absolute Gasteiger partial charge is 0.324 e. The van der Waals surface area contributed by atoms with E-state index in [4.69, 9.17) is 10.7 Å². The number of nitrogens with zero attached hydrogens (tertiary/aromatic N) is 3. The molecule has 0 aliphatic heterocycles. The maximum absolute atomic E-state index is 6.25. The van der Waals surface area contributed by atoms with Gasteiger partial charge in [-0.2, -0.15) is 0 Å². The summed E-state index contributed by atoms with van der Waals surface area (Å²) in [4.78, 5) is 13.6. The third-order valence-electron chi connectivity index (χ3n) is 3.94. The van der Waals surface area contributed by atoms with Crippen LogP contribution >= 0.6 is 0 Å². The van der Waals surface area contributed by atoms with Gasteiger partial charge in [0.2, 0.25) is 0 Å². The molecule has 0 radical (unpaired) electrons. The van der Waals surface area contributed by atoms with Crippen molar-refractivity contribution in [1.29, 1.82) is 0 Å². The molecular formula is C16H20N4. The third-order valence-corrected chi connectivity index (χ3v) is 3.94. The molecule has 0 bridgehead atoms. The predicted molar refractivity (Wildman–Crippen MR) is 79.0 cm³/mol. The monoisotopic (exact) mass is 268 g/mol. The number of fused-ring (bicyclic) bond motifs is 1. The molecule has 3 rings (SSSR count). The first-order valence-corrected chi connectivity index (χ1v) is 7.00. The normalized spacial score (nSPS) is 20.5. The van der Waals surface area contributed by atoms with E-state index in [-0.39, 0.29) is 11.5 Å². The fourth-order valence-corrected chi connectivity index (χ4v) is 2.94. The zero-order valence-corrected chi connectivity index (χ0v) is 12.2. The van der Waals surface area contributed by atoms with E-state index in [2.05, 4.69) is 23.8 Å². The van der Waals surface area contributed by atoms with Crippen LogP contribution < -0.4 is 5.73 Å². The van der Waals surface area contributed by atoms with Crippen LogP contribution in [0.1, 0.15) is 43.1 Å². The highest BCUT2D eigenvalue weighted by atomic mass is 14.9. The lowest BCUT2D eigenvalue weighted by molar-refractivity contribution is 0.278. The summed E-state index contributed by atoms with van der Waals surface area (Å²) in [6.07, 6.45) is 5.58. The zero-order valence-electron chi connectivity index (χ0n) is 12.2. The minimum absolute atomic E-state index is 0.0348. The predicted octanol–water partition coefficient (Wildman–Crippen LogP) is 2.82. The fourth-order valence-electron chi connectivity index (χ4n) is 2.94. The van der Waals surface area contributed by atoms with E-state index >= 15 is 0 Å². The average molecular weight is 268 g/mol. The van der Waals surface area contributed by atoms with Gasteiger partial charge in [-0.3, -0.25) is 4.98 Å². The summed E-state index contributed by atoms with van der Waals surface area (Å²) in [7, 11) is 0. The molecule has 0 aromatic carbocycles. The van der Waals surface area contributed by atoms with Crippen LogP contribution in [0.4, 0.5) is 0 Å². The second kappa shape index (κ2) is 4.63. The van der Waals surface area contributed by atoms with Crippen molar-refractivity contribution in [3.05, 3.63) is 41.3 Å². The molecule has 2 aromatic rings. The Balaban J connectivity index is 2.08. The first-order valence-electron chi connectivity index (χ1n) is 7.00. The van der Waals surface area contributed by atoms with E-state index in [9.17, 15) is 0 Å². The van der Waals surface area contributed by atoms with Gasteiger partial charge in [0.05, 0.1) is 0 Å². The quantitative estimate of drug-likeness (QED) is 0.863. The summed E-state index contributed by atoms with van der Waals surface area (Å²) in [5.41, 5.74) is 10.5. The molecule has 1 atom stereocenters. The minimum atomic E-state index is 0.0348. The molecule has 4 nitrogen and oxygen atoms in total. The van der Waals surface area contributed by atoms with Crippen LogP contribution in [0.3, 0.4) is 0 Å². The molecule has 20 heavy (non-hydrogen) atoms. The second-order valence-electron chi connectivity index (χ2n) is 6.42. The standard InChI is InChI=1S/C16H20N4/c1-10-5-4-6-18-14(10)15-19-9-11-12(17)7-16(2,3)8-13(11)20-15/h4-6,9,12H,7-8,17H2,1-3H3. The van der Waals surface area contributed by atoms with E-state index in [0.717, 1.165) is 35.4 Å². The van der Waals surface area contributed by atoms with Crippen LogP contribution in [0, 0.1) is 12.3 Å². The van der Waals surface area contributed by atoms with Crippen molar-refractivity contribution in [1.82, 2.24) is 15.0 Å². The number of nitrogens with two attached hydrogens (primary N) is 1. The van der Waals surface area contributed by atoms with Crippen LogP contribution in [0.15, 0.2) is 24.5 Å². The third kappa shape index (κ3) is 2.31. The number of rotatable bonds is 1. The van der Waals surface area contributed by atoms with Crippen molar-refractivity contribution in [2.45, 2.75) is 39.7 Å². The van der Waals surface area contributed by atoms with E-state index in [1.54, 1.807) is 6.20 Å². The molecule has 0 spiro atoms. The van der Waals surface area contributed by atoms with E-state index < -0.39 is 0 Å². The number of aryl methyl sites for hydroxylation is 1. The van der Waals surface area contributed by atoms with Crippen molar-refractivity contribution >= 4 is 0 Å². The second-order valence-corrected chi connectivity index (χ2v) is 6.42. The Morgan fingerprint density at radius 1 is 1.30 bits per heavy atom. The lowest BCUT2D eigenvalue weighted by atomic mass is 9.74. The van der Waals surface area contributed by atoms with Gasteiger partial charge in [-0.05, 0) is 36.8 Å². The molecule has 2 N–H and O–H groups in total. The maximum Gasteiger partial charge on any atom is 0.178 e. The molecule has 104 valence electrons. The highest BCUT2D eigenvalue weighted by Crippen LogP contribution is 2.38. The SMILES string of the molecule is Cc1cccnc1-c1ncc2c(n1)CC(C)(C)CC2N. The van der Waals surface area contributed by atoms with Crippen LogP contribution in [0.5, 0.6) is 0 Å². The van der Waals surface area contributed by atoms with Gasteiger partial charge in [0, 0.05) is 29.7 Å². The topological polar surface area (TPSA) is 64.7 Å². The van der Waals surface area contributed by atoms with Gasteiger partial charge in [0.15, 0.2) is 5.82 Å². The Morgan fingerprint density at radius 2 is 2.10 bits per heavy atom. The van der Waals surface area contributed by atoms with Crippen LogP contribution in [0.25, 0.3) is 11.5 Å². The molecular weight excluding hydrogens is 248 g/mol. The molecule has 4 heteroatoms. The number of pyridine rings is 1. The van der Waals surface area contributed by atoms with Crippen molar-refractivity contribution in [3.8, 4) is 11.5 Å². The van der Waals surface area contributed by atoms with Crippen molar-refractivity contribution in [3.63, 3.8) is 0 Å². The molecule has 1 aliphatic rings. The Labute approximate surface area is 119 Å². The Bertz CT molecular complexity index is 649. The van der Waals surface area contributed by atoms with Crippen LogP contribution in [-0.2, 0) is 6.42 Å². The number of hydrogen-bond donors (Lipinski definition) is 1. The minimum Gasteiger partial charge on any atom is -0.324 e. The summed E-state index contributed by atoms with van der Waals surface area (Å²) >= 11 is 0. The van der Waals surface area contributed by atoms with Crippen molar-refractivity contribution < 1.29 is 0 Å². The maximum atomic E-state index is 6.25. The number of hydrogen-bond acceptors (Lipinski definition) is 4. The number of aromatic nitrogens is 3. The highest BCUT2D eigenvalue weighted by Gasteiger charge is 2.31. The lowest BCUT2D eigenvalue weighted by Gasteiger charge is -2.34. The van der Waals surface area contributed by atoms with Gasteiger partial charge in [0.1, 0.15) is 5.69 Å². The van der Waals surface area contributed by atoms with Crippen LogP contribution in [-0.4, -0.2) is 15.0 Å². The molecule has 2 aromatic heterocycles. The molecule has 1 aliphatic carbocycles. The summed E-state index contributed by atoms with van der Waals surface area (Å²) in [5.74, 6) is 0.701. The molecule has 0 saturated carbocycles. The van der Waals surface area contributed by atoms with Crippen molar-refractivity contribution in [2.75, 3.05) is 0 Å². The van der Waals surface area contributed by atoms with Gasteiger partial charge < -0.3 is 5.73 Å². The Hall–Kier alpha value is -1.81. The summed E-state index contributed by atoms with van der Waals surface area (Å²) in [6, 6.07) is 3.99. The van der Waals surface area contributed by atoms with Gasteiger partial charge >= 0.3 is 0 Å². The molecule has 0 amide bonds. The molecule has 0 fully saturated rings. The Kier molecular flexibility index (Phi) is 3.05. The molecule has 2 heterocycles. The van der Waals surface area contributed by atoms with E-state index in [1.165, 1.54) is 0 Å². The van der Waals surface area contributed by atoms with E-state index in [1.807, 2.05) is 25.3 Å². The average Bonchev–Trinajstić information content (AvgIpc) is 2.37. The summed E-state index contributed by atoms with van der Waals surface area (Å²) in [5, 5.41) is 0. The zero-order chi connectivity index (χ0) is 14.3. The molecule has 0 saturated heterocycles. The summed E-state index contributed by atoms with van der Waals surface area (Å²) < 4.78 is 0. The Morgan fingerprint density at radius 3 is 2.85 bits per heavy atom. The highest BCUT2D eigenvalue weighted by molar-refractivity contribution is 5.54. The summed E-state index contributed by atoms with van der Waals surface area (Å²) in [6.45, 7) is 6.51. The first-order chi connectivity index (χ1) is 9.46. The fraction of sp³-hybridized carbons (Fsp3) is 0.438. The lowest BCUT2D eigenvalue weighted by Crippen LogP contribution is -2.30. The van der Waals surface area contributed by atoms with Gasteiger partial charge in [-0.25, -0.2) is 9.97 Å².